The molecule has 0 atom stereocenters. The minimum absolute atomic E-state index is 0.148. The van der Waals surface area contributed by atoms with Crippen molar-refractivity contribution in [3.63, 3.8) is 0 Å². The number of carbonyl (C=O) groups is 1. The first kappa shape index (κ1) is 18.0. The lowest BCUT2D eigenvalue weighted by Crippen LogP contribution is -2.24. The van der Waals surface area contributed by atoms with Crippen molar-refractivity contribution in [2.45, 2.75) is 13.3 Å². The van der Waals surface area contributed by atoms with E-state index < -0.39 is 16.6 Å². The highest BCUT2D eigenvalue weighted by Gasteiger charge is 2.16. The third-order valence-corrected chi connectivity index (χ3v) is 3.70. The molecule has 0 saturated heterocycles. The number of nitro groups is 1. The second-order valence-electron chi connectivity index (χ2n) is 5.51. The molecule has 0 unspecified atom stereocenters. The van der Waals surface area contributed by atoms with Crippen LogP contribution in [0.15, 0.2) is 42.7 Å². The number of benzene rings is 1. The fraction of sp³-hybridized carbons (Fsp3) is 0.188. The van der Waals surface area contributed by atoms with E-state index in [1.165, 1.54) is 16.9 Å². The molecule has 0 bridgehead atoms. The largest absolute Gasteiger partial charge is 0.464 e. The highest BCUT2D eigenvalue weighted by Crippen LogP contribution is 2.27. The van der Waals surface area contributed by atoms with E-state index in [9.17, 15) is 19.3 Å². The van der Waals surface area contributed by atoms with Gasteiger partial charge in [0, 0.05) is 31.6 Å². The van der Waals surface area contributed by atoms with Crippen molar-refractivity contribution in [3.05, 3.63) is 70.0 Å². The summed E-state index contributed by atoms with van der Waals surface area (Å²) in [5.41, 5.74) is 0.608. The number of nitrogens with one attached hydrogen (secondary N) is 1. The lowest BCUT2D eigenvalue weighted by molar-refractivity contribution is -0.386. The van der Waals surface area contributed by atoms with Crippen LogP contribution in [0.3, 0.4) is 0 Å². The Bertz CT molecular complexity index is 983. The quantitative estimate of drug-likeness (QED) is 0.496. The predicted octanol–water partition coefficient (Wildman–Crippen LogP) is 1.63. The highest BCUT2D eigenvalue weighted by molar-refractivity contribution is 5.92. The standard InChI is InChI=1S/C16H15FN6O4/c1-21-12(4-6-19-21)9-18-16(24)13-5-7-22(20-13)10-27-15-8-11(17)2-3-14(15)23(25)26/h2-8H,9-10H2,1H3,(H,18,24). The molecule has 0 aliphatic carbocycles. The number of nitrogens with zero attached hydrogens (tertiary/aromatic N) is 5. The van der Waals surface area contributed by atoms with E-state index in [4.69, 9.17) is 4.74 Å². The van der Waals surface area contributed by atoms with Gasteiger partial charge in [-0.25, -0.2) is 9.07 Å². The average molecular weight is 374 g/mol. The summed E-state index contributed by atoms with van der Waals surface area (Å²) in [6.07, 6.45) is 3.10. The van der Waals surface area contributed by atoms with E-state index in [0.29, 0.717) is 0 Å². The first-order valence-corrected chi connectivity index (χ1v) is 7.79. The van der Waals surface area contributed by atoms with E-state index in [-0.39, 0.29) is 30.4 Å². The SMILES string of the molecule is Cn1nccc1CNC(=O)c1ccn(COc2cc(F)ccc2[N+](=O)[O-])n1. The van der Waals surface area contributed by atoms with Gasteiger partial charge in [0.2, 0.25) is 5.75 Å². The molecule has 0 spiro atoms. The van der Waals surface area contributed by atoms with Crippen LogP contribution in [0.5, 0.6) is 5.75 Å². The van der Waals surface area contributed by atoms with Crippen molar-refractivity contribution in [3.8, 4) is 5.75 Å². The summed E-state index contributed by atoms with van der Waals surface area (Å²) < 4.78 is 21.5. The Kier molecular flexibility index (Phi) is 5.11. The van der Waals surface area contributed by atoms with Crippen LogP contribution in [0.4, 0.5) is 10.1 Å². The summed E-state index contributed by atoms with van der Waals surface area (Å²) in [5.74, 6) is -1.28. The van der Waals surface area contributed by atoms with Crippen LogP contribution in [-0.2, 0) is 20.3 Å². The number of aromatic nitrogens is 4. The van der Waals surface area contributed by atoms with E-state index in [2.05, 4.69) is 15.5 Å². The normalized spacial score (nSPS) is 10.6. The average Bonchev–Trinajstić information content (AvgIpc) is 3.26. The highest BCUT2D eigenvalue weighted by atomic mass is 19.1. The van der Waals surface area contributed by atoms with Gasteiger partial charge in [0.1, 0.15) is 11.5 Å². The zero-order chi connectivity index (χ0) is 19.4. The Balaban J connectivity index is 1.61. The number of amides is 1. The number of nitro benzene ring substituents is 1. The molecule has 2 heterocycles. The Labute approximate surface area is 152 Å². The van der Waals surface area contributed by atoms with E-state index >= 15 is 0 Å². The van der Waals surface area contributed by atoms with Crippen LogP contribution in [0, 0.1) is 15.9 Å². The molecule has 27 heavy (non-hydrogen) atoms. The summed E-state index contributed by atoms with van der Waals surface area (Å²) >= 11 is 0. The van der Waals surface area contributed by atoms with Crippen molar-refractivity contribution in [2.75, 3.05) is 0 Å². The van der Waals surface area contributed by atoms with Gasteiger partial charge in [-0.1, -0.05) is 0 Å². The van der Waals surface area contributed by atoms with E-state index in [0.717, 1.165) is 23.9 Å². The Morgan fingerprint density at radius 3 is 2.89 bits per heavy atom. The van der Waals surface area contributed by atoms with Crippen molar-refractivity contribution < 1.29 is 18.8 Å². The molecular weight excluding hydrogens is 359 g/mol. The number of ether oxygens (including phenoxy) is 1. The van der Waals surface area contributed by atoms with Gasteiger partial charge in [-0.15, -0.1) is 0 Å². The van der Waals surface area contributed by atoms with Crippen LogP contribution in [0.2, 0.25) is 0 Å². The number of hydrogen-bond donors (Lipinski definition) is 1. The first-order chi connectivity index (χ1) is 12.9. The number of aryl methyl sites for hydroxylation is 1. The minimum Gasteiger partial charge on any atom is -0.464 e. The van der Waals surface area contributed by atoms with Crippen molar-refractivity contribution in [2.24, 2.45) is 7.05 Å². The van der Waals surface area contributed by atoms with Crippen LogP contribution < -0.4 is 10.1 Å². The maximum atomic E-state index is 13.3. The van der Waals surface area contributed by atoms with Gasteiger partial charge in [0.15, 0.2) is 6.73 Å². The van der Waals surface area contributed by atoms with Gasteiger partial charge < -0.3 is 10.1 Å². The molecule has 1 aromatic carbocycles. The second-order valence-corrected chi connectivity index (χ2v) is 5.51. The fourth-order valence-electron chi connectivity index (χ4n) is 2.28. The number of halogens is 1. The zero-order valence-electron chi connectivity index (χ0n) is 14.2. The van der Waals surface area contributed by atoms with Gasteiger partial charge in [0.05, 0.1) is 17.2 Å². The van der Waals surface area contributed by atoms with Gasteiger partial charge in [0.25, 0.3) is 5.91 Å². The molecule has 0 fully saturated rings. The topological polar surface area (TPSA) is 117 Å². The van der Waals surface area contributed by atoms with Crippen LogP contribution in [0.1, 0.15) is 16.2 Å². The molecule has 0 aliphatic rings. The first-order valence-electron chi connectivity index (χ1n) is 7.79. The fourth-order valence-corrected chi connectivity index (χ4v) is 2.28. The Hall–Kier alpha value is -3.76. The molecule has 11 heteroatoms. The van der Waals surface area contributed by atoms with Gasteiger partial charge in [-0.2, -0.15) is 10.2 Å². The second kappa shape index (κ2) is 7.64. The molecule has 3 rings (SSSR count). The number of carbonyl (C=O) groups excluding carboxylic acids is 1. The Morgan fingerprint density at radius 2 is 2.19 bits per heavy atom. The van der Waals surface area contributed by atoms with Gasteiger partial charge in [-0.3, -0.25) is 19.6 Å². The molecule has 1 amide bonds. The van der Waals surface area contributed by atoms with Gasteiger partial charge in [-0.05, 0) is 18.2 Å². The molecule has 0 radical (unpaired) electrons. The molecule has 10 nitrogen and oxygen atoms in total. The zero-order valence-corrected chi connectivity index (χ0v) is 14.2. The summed E-state index contributed by atoms with van der Waals surface area (Å²) in [6, 6.07) is 6.17. The lowest BCUT2D eigenvalue weighted by Gasteiger charge is -2.07. The molecule has 140 valence electrons. The molecule has 3 aromatic rings. The smallest absolute Gasteiger partial charge is 0.311 e. The number of hydrogen-bond acceptors (Lipinski definition) is 6. The number of rotatable bonds is 7. The van der Waals surface area contributed by atoms with Crippen molar-refractivity contribution >= 4 is 11.6 Å². The van der Waals surface area contributed by atoms with Crippen molar-refractivity contribution in [1.29, 1.82) is 0 Å². The molecule has 2 aromatic heterocycles. The third kappa shape index (κ3) is 4.26. The van der Waals surface area contributed by atoms with E-state index in [1.54, 1.807) is 24.0 Å². The van der Waals surface area contributed by atoms with Crippen LogP contribution >= 0.6 is 0 Å². The molecule has 1 N–H and O–H groups in total. The molecular formula is C16H15FN6O4. The predicted molar refractivity (Wildman–Crippen MR) is 90.3 cm³/mol. The van der Waals surface area contributed by atoms with Gasteiger partial charge >= 0.3 is 5.69 Å². The minimum atomic E-state index is -0.671. The lowest BCUT2D eigenvalue weighted by atomic mass is 10.3. The molecule has 0 aliphatic heterocycles. The monoisotopic (exact) mass is 374 g/mol. The van der Waals surface area contributed by atoms with Crippen molar-refractivity contribution in [1.82, 2.24) is 24.9 Å². The maximum absolute atomic E-state index is 13.3. The van der Waals surface area contributed by atoms with E-state index in [1.807, 2.05) is 0 Å². The van der Waals surface area contributed by atoms with Crippen LogP contribution in [-0.4, -0.2) is 30.4 Å². The summed E-state index contributed by atoms with van der Waals surface area (Å²) in [4.78, 5) is 22.4. The summed E-state index contributed by atoms with van der Waals surface area (Å²) in [6.45, 7) is 0.0630. The third-order valence-electron chi connectivity index (χ3n) is 3.70. The maximum Gasteiger partial charge on any atom is 0.311 e. The summed E-state index contributed by atoms with van der Waals surface area (Å²) in [5, 5.41) is 21.7. The van der Waals surface area contributed by atoms with Crippen LogP contribution in [0.25, 0.3) is 0 Å². The molecule has 0 saturated carbocycles. The Morgan fingerprint density at radius 1 is 1.37 bits per heavy atom. The summed E-state index contributed by atoms with van der Waals surface area (Å²) in [7, 11) is 1.76.